The molecule has 0 bridgehead atoms. The zero-order valence-corrected chi connectivity index (χ0v) is 11.9. The summed E-state index contributed by atoms with van der Waals surface area (Å²) in [6.45, 7) is 0.465. The zero-order chi connectivity index (χ0) is 13.4. The quantitative estimate of drug-likeness (QED) is 0.916. The van der Waals surface area contributed by atoms with Gasteiger partial charge in [0.15, 0.2) is 0 Å². The standard InChI is InChI=1S/C15H19NO2S/c1-16(8-13(17)10-6-7-10)15(18)12-9-19-14-5-3-2-4-11(12)14/h2-5,10,12-13,17H,6-9H2,1H3. The highest BCUT2D eigenvalue weighted by atomic mass is 32.2. The van der Waals surface area contributed by atoms with Gasteiger partial charge in [0.25, 0.3) is 0 Å². The lowest BCUT2D eigenvalue weighted by molar-refractivity contribution is -0.132. The molecule has 4 heteroatoms. The number of aliphatic hydroxyl groups is 1. The molecule has 1 N–H and O–H groups in total. The number of fused-ring (bicyclic) bond motifs is 1. The van der Waals surface area contributed by atoms with E-state index in [9.17, 15) is 9.90 Å². The van der Waals surface area contributed by atoms with Crippen LogP contribution in [0.2, 0.25) is 0 Å². The molecule has 1 aromatic rings. The van der Waals surface area contributed by atoms with E-state index in [2.05, 4.69) is 6.07 Å². The third kappa shape index (κ3) is 2.65. The molecule has 2 atom stereocenters. The van der Waals surface area contributed by atoms with Gasteiger partial charge in [0.2, 0.25) is 5.91 Å². The molecule has 0 radical (unpaired) electrons. The lowest BCUT2D eigenvalue weighted by Gasteiger charge is -2.24. The second-order valence-corrected chi connectivity index (χ2v) is 6.59. The Balaban J connectivity index is 1.67. The first-order valence-electron chi connectivity index (χ1n) is 6.81. The maximum atomic E-state index is 12.5. The van der Waals surface area contributed by atoms with Crippen molar-refractivity contribution in [1.82, 2.24) is 4.90 Å². The van der Waals surface area contributed by atoms with E-state index in [1.165, 1.54) is 4.90 Å². The van der Waals surface area contributed by atoms with E-state index in [0.29, 0.717) is 12.5 Å². The molecule has 1 saturated carbocycles. The van der Waals surface area contributed by atoms with Gasteiger partial charge in [0.1, 0.15) is 0 Å². The molecular formula is C15H19NO2S. The van der Waals surface area contributed by atoms with Crippen LogP contribution < -0.4 is 0 Å². The zero-order valence-electron chi connectivity index (χ0n) is 11.1. The molecular weight excluding hydrogens is 258 g/mol. The van der Waals surface area contributed by atoms with Gasteiger partial charge < -0.3 is 10.0 Å². The Morgan fingerprint density at radius 3 is 2.95 bits per heavy atom. The number of hydrogen-bond donors (Lipinski definition) is 1. The van der Waals surface area contributed by atoms with E-state index in [1.807, 2.05) is 18.2 Å². The molecule has 1 aromatic carbocycles. The van der Waals surface area contributed by atoms with Crippen LogP contribution in [0.3, 0.4) is 0 Å². The maximum Gasteiger partial charge on any atom is 0.230 e. The average molecular weight is 277 g/mol. The number of aliphatic hydroxyl groups excluding tert-OH is 1. The first kappa shape index (κ1) is 13.0. The number of carbonyl (C=O) groups is 1. The second-order valence-electron chi connectivity index (χ2n) is 5.52. The fourth-order valence-corrected chi connectivity index (χ4v) is 3.85. The molecule has 0 spiro atoms. The summed E-state index contributed by atoms with van der Waals surface area (Å²) in [6, 6.07) is 8.12. The van der Waals surface area contributed by atoms with Gasteiger partial charge in [0.05, 0.1) is 12.0 Å². The third-order valence-corrected chi connectivity index (χ3v) is 5.18. The molecule has 1 heterocycles. The molecule has 0 saturated heterocycles. The van der Waals surface area contributed by atoms with E-state index in [1.54, 1.807) is 23.7 Å². The van der Waals surface area contributed by atoms with Crippen LogP contribution in [0.5, 0.6) is 0 Å². The van der Waals surface area contributed by atoms with E-state index in [0.717, 1.165) is 24.2 Å². The molecule has 3 nitrogen and oxygen atoms in total. The summed E-state index contributed by atoms with van der Waals surface area (Å²) in [5, 5.41) is 9.95. The molecule has 0 aromatic heterocycles. The maximum absolute atomic E-state index is 12.5. The first-order valence-corrected chi connectivity index (χ1v) is 7.80. The third-order valence-electron chi connectivity index (χ3n) is 4.00. The number of carbonyl (C=O) groups excluding carboxylic acids is 1. The van der Waals surface area contributed by atoms with Crippen molar-refractivity contribution in [2.75, 3.05) is 19.3 Å². The summed E-state index contributed by atoms with van der Waals surface area (Å²) < 4.78 is 0. The Bertz CT molecular complexity index is 487. The molecule has 1 amide bonds. The Hall–Kier alpha value is -1.00. The predicted molar refractivity (Wildman–Crippen MR) is 76.3 cm³/mol. The van der Waals surface area contributed by atoms with Crippen LogP contribution in [0.1, 0.15) is 24.3 Å². The summed E-state index contributed by atoms with van der Waals surface area (Å²) in [4.78, 5) is 15.4. The summed E-state index contributed by atoms with van der Waals surface area (Å²) in [5.74, 6) is 1.33. The van der Waals surface area contributed by atoms with E-state index >= 15 is 0 Å². The van der Waals surface area contributed by atoms with Crippen LogP contribution >= 0.6 is 11.8 Å². The number of nitrogens with zero attached hydrogens (tertiary/aromatic N) is 1. The number of amides is 1. The lowest BCUT2D eigenvalue weighted by Crippen LogP contribution is -2.38. The minimum atomic E-state index is -0.349. The summed E-state index contributed by atoms with van der Waals surface area (Å²) in [6.07, 6.45) is 1.86. The van der Waals surface area contributed by atoms with Gasteiger partial charge in [0, 0.05) is 24.2 Å². The van der Waals surface area contributed by atoms with Crippen molar-refractivity contribution in [1.29, 1.82) is 0 Å². The topological polar surface area (TPSA) is 40.5 Å². The molecule has 3 rings (SSSR count). The molecule has 1 aliphatic heterocycles. The first-order chi connectivity index (χ1) is 9.16. The van der Waals surface area contributed by atoms with Crippen LogP contribution in [-0.4, -0.2) is 41.4 Å². The smallest absolute Gasteiger partial charge is 0.230 e. The number of benzene rings is 1. The van der Waals surface area contributed by atoms with E-state index < -0.39 is 0 Å². The number of thioether (sulfide) groups is 1. The highest BCUT2D eigenvalue weighted by Gasteiger charge is 2.34. The summed E-state index contributed by atoms with van der Waals surface area (Å²) in [7, 11) is 1.81. The molecule has 2 unspecified atom stereocenters. The Morgan fingerprint density at radius 1 is 1.47 bits per heavy atom. The normalized spacial score (nSPS) is 22.9. The van der Waals surface area contributed by atoms with Gasteiger partial charge in [-0.3, -0.25) is 4.79 Å². The van der Waals surface area contributed by atoms with Crippen LogP contribution in [0.15, 0.2) is 29.2 Å². The lowest BCUT2D eigenvalue weighted by atomic mass is 10.00. The van der Waals surface area contributed by atoms with Crippen molar-refractivity contribution in [3.63, 3.8) is 0 Å². The molecule has 1 aliphatic carbocycles. The molecule has 102 valence electrons. The molecule has 1 fully saturated rings. The summed E-state index contributed by atoms with van der Waals surface area (Å²) >= 11 is 1.75. The number of rotatable bonds is 4. The van der Waals surface area contributed by atoms with E-state index in [-0.39, 0.29) is 17.9 Å². The second kappa shape index (κ2) is 5.17. The number of hydrogen-bond acceptors (Lipinski definition) is 3. The van der Waals surface area contributed by atoms with Crippen LogP contribution in [0.25, 0.3) is 0 Å². The Labute approximate surface area is 118 Å². The van der Waals surface area contributed by atoms with E-state index in [4.69, 9.17) is 0 Å². The van der Waals surface area contributed by atoms with Gasteiger partial charge in [-0.05, 0) is 30.4 Å². The number of likely N-dealkylation sites (N-methyl/N-ethyl adjacent to an activating group) is 1. The van der Waals surface area contributed by atoms with Gasteiger partial charge >= 0.3 is 0 Å². The van der Waals surface area contributed by atoms with Crippen LogP contribution in [-0.2, 0) is 4.79 Å². The van der Waals surface area contributed by atoms with Crippen molar-refractivity contribution in [2.45, 2.75) is 29.8 Å². The van der Waals surface area contributed by atoms with Gasteiger partial charge in [-0.15, -0.1) is 11.8 Å². The van der Waals surface area contributed by atoms with Crippen molar-refractivity contribution in [3.8, 4) is 0 Å². The van der Waals surface area contributed by atoms with Crippen molar-refractivity contribution < 1.29 is 9.90 Å². The van der Waals surface area contributed by atoms with Crippen LogP contribution in [0, 0.1) is 5.92 Å². The van der Waals surface area contributed by atoms with Gasteiger partial charge in [-0.2, -0.15) is 0 Å². The Morgan fingerprint density at radius 2 is 2.21 bits per heavy atom. The predicted octanol–water partition coefficient (Wildman–Crippen LogP) is 2.11. The molecule has 19 heavy (non-hydrogen) atoms. The SMILES string of the molecule is CN(CC(O)C1CC1)C(=O)C1CSc2ccccc21. The highest BCUT2D eigenvalue weighted by molar-refractivity contribution is 7.99. The van der Waals surface area contributed by atoms with Gasteiger partial charge in [-0.1, -0.05) is 18.2 Å². The van der Waals surface area contributed by atoms with Crippen molar-refractivity contribution in [2.24, 2.45) is 5.92 Å². The average Bonchev–Trinajstić information content (AvgIpc) is 3.18. The fraction of sp³-hybridized carbons (Fsp3) is 0.533. The summed E-state index contributed by atoms with van der Waals surface area (Å²) in [5.41, 5.74) is 1.14. The monoisotopic (exact) mass is 277 g/mol. The Kier molecular flexibility index (Phi) is 3.54. The van der Waals surface area contributed by atoms with Gasteiger partial charge in [-0.25, -0.2) is 0 Å². The highest BCUT2D eigenvalue weighted by Crippen LogP contribution is 2.40. The minimum Gasteiger partial charge on any atom is -0.391 e. The largest absolute Gasteiger partial charge is 0.391 e. The van der Waals surface area contributed by atoms with Crippen molar-refractivity contribution >= 4 is 17.7 Å². The van der Waals surface area contributed by atoms with Crippen LogP contribution in [0.4, 0.5) is 0 Å². The minimum absolute atomic E-state index is 0.0439. The van der Waals surface area contributed by atoms with Crippen molar-refractivity contribution in [3.05, 3.63) is 29.8 Å². The molecule has 2 aliphatic rings. The fourth-order valence-electron chi connectivity index (χ4n) is 2.63.